The number of hydrogen-bond acceptors (Lipinski definition) is 3. The third kappa shape index (κ3) is 3.83. The summed E-state index contributed by atoms with van der Waals surface area (Å²) in [6.07, 6.45) is 6.05. The number of hydrogen-bond donors (Lipinski definition) is 2. The summed E-state index contributed by atoms with van der Waals surface area (Å²) in [5.41, 5.74) is 0. The van der Waals surface area contributed by atoms with E-state index in [1.54, 1.807) is 6.20 Å². The second kappa shape index (κ2) is 6.05. The molecule has 0 aliphatic rings. The number of aromatic amines is 1. The van der Waals surface area contributed by atoms with E-state index < -0.39 is 0 Å². The van der Waals surface area contributed by atoms with Gasteiger partial charge in [0.15, 0.2) is 5.16 Å². The molecule has 1 atom stereocenters. The fraction of sp³-hybridized carbons (Fsp3) is 0.667. The van der Waals surface area contributed by atoms with Gasteiger partial charge in [0.1, 0.15) is 0 Å². The van der Waals surface area contributed by atoms with Crippen molar-refractivity contribution in [2.75, 3.05) is 13.6 Å². The van der Waals surface area contributed by atoms with E-state index in [4.69, 9.17) is 0 Å². The Labute approximate surface area is 83.7 Å². The van der Waals surface area contributed by atoms with Crippen molar-refractivity contribution in [2.24, 2.45) is 0 Å². The fourth-order valence-electron chi connectivity index (χ4n) is 1.12. The summed E-state index contributed by atoms with van der Waals surface area (Å²) in [6.45, 7) is 3.29. The molecule has 3 nitrogen and oxygen atoms in total. The molecule has 1 unspecified atom stereocenters. The maximum atomic E-state index is 4.20. The van der Waals surface area contributed by atoms with Crippen LogP contribution in [0.3, 0.4) is 0 Å². The van der Waals surface area contributed by atoms with Crippen LogP contribution in [0.15, 0.2) is 17.6 Å². The first-order valence-corrected chi connectivity index (χ1v) is 5.55. The molecule has 0 bridgehead atoms. The summed E-state index contributed by atoms with van der Waals surface area (Å²) in [6, 6.07) is 0. The Morgan fingerprint density at radius 2 is 2.54 bits per heavy atom. The lowest BCUT2D eigenvalue weighted by Crippen LogP contribution is -2.14. The molecule has 0 radical (unpaired) electrons. The molecule has 1 aromatic rings. The molecule has 0 saturated heterocycles. The summed E-state index contributed by atoms with van der Waals surface area (Å²) in [5.74, 6) is 0. The number of nitrogens with one attached hydrogen (secondary N) is 2. The van der Waals surface area contributed by atoms with Crippen molar-refractivity contribution < 1.29 is 0 Å². The van der Waals surface area contributed by atoms with Crippen LogP contribution in [0.5, 0.6) is 0 Å². The van der Waals surface area contributed by atoms with E-state index in [1.165, 1.54) is 12.8 Å². The number of thioether (sulfide) groups is 1. The second-order valence-corrected chi connectivity index (χ2v) is 4.22. The highest BCUT2D eigenvalue weighted by Crippen LogP contribution is 2.23. The molecule has 1 rings (SSSR count). The van der Waals surface area contributed by atoms with E-state index in [0.29, 0.717) is 5.25 Å². The summed E-state index contributed by atoms with van der Waals surface area (Å²) in [4.78, 5) is 7.31. The predicted octanol–water partition coefficient (Wildman–Crippen LogP) is 1.89. The van der Waals surface area contributed by atoms with Gasteiger partial charge in [0.05, 0.1) is 0 Å². The van der Waals surface area contributed by atoms with E-state index in [-0.39, 0.29) is 0 Å². The van der Waals surface area contributed by atoms with Crippen molar-refractivity contribution in [1.82, 2.24) is 15.3 Å². The highest BCUT2D eigenvalue weighted by Gasteiger charge is 2.08. The van der Waals surface area contributed by atoms with Crippen LogP contribution in [-0.2, 0) is 0 Å². The van der Waals surface area contributed by atoms with E-state index in [1.807, 2.05) is 25.0 Å². The molecule has 1 heterocycles. The molecule has 0 aromatic carbocycles. The number of rotatable bonds is 6. The number of aromatic nitrogens is 2. The van der Waals surface area contributed by atoms with Crippen molar-refractivity contribution in [1.29, 1.82) is 0 Å². The fourth-order valence-corrected chi connectivity index (χ4v) is 2.10. The van der Waals surface area contributed by atoms with Crippen LogP contribution in [0.25, 0.3) is 0 Å². The first kappa shape index (κ1) is 10.6. The third-order valence-corrected chi connectivity index (χ3v) is 3.27. The lowest BCUT2D eigenvalue weighted by Gasteiger charge is -2.11. The SMILES string of the molecule is CCC(CCNC)Sc1ncc[nH]1. The summed E-state index contributed by atoms with van der Waals surface area (Å²) in [5, 5.41) is 4.86. The molecule has 13 heavy (non-hydrogen) atoms. The monoisotopic (exact) mass is 199 g/mol. The van der Waals surface area contributed by atoms with Gasteiger partial charge in [-0.25, -0.2) is 4.98 Å². The zero-order valence-corrected chi connectivity index (χ0v) is 9.03. The van der Waals surface area contributed by atoms with Crippen LogP contribution >= 0.6 is 11.8 Å². The molecule has 0 fully saturated rings. The van der Waals surface area contributed by atoms with Crippen LogP contribution in [0, 0.1) is 0 Å². The van der Waals surface area contributed by atoms with E-state index in [9.17, 15) is 0 Å². The maximum Gasteiger partial charge on any atom is 0.165 e. The van der Waals surface area contributed by atoms with Gasteiger partial charge in [-0.3, -0.25) is 0 Å². The van der Waals surface area contributed by atoms with Gasteiger partial charge in [0.2, 0.25) is 0 Å². The van der Waals surface area contributed by atoms with Gasteiger partial charge in [0, 0.05) is 17.6 Å². The summed E-state index contributed by atoms with van der Waals surface area (Å²) >= 11 is 1.83. The Morgan fingerprint density at radius 1 is 1.69 bits per heavy atom. The summed E-state index contributed by atoms with van der Waals surface area (Å²) in [7, 11) is 1.99. The molecule has 0 amide bonds. The molecule has 0 aliphatic carbocycles. The van der Waals surface area contributed by atoms with Gasteiger partial charge in [-0.15, -0.1) is 0 Å². The largest absolute Gasteiger partial charge is 0.340 e. The van der Waals surface area contributed by atoms with Gasteiger partial charge < -0.3 is 10.3 Å². The topological polar surface area (TPSA) is 40.7 Å². The molecule has 0 aliphatic heterocycles. The van der Waals surface area contributed by atoms with E-state index in [2.05, 4.69) is 22.2 Å². The molecular weight excluding hydrogens is 182 g/mol. The highest BCUT2D eigenvalue weighted by atomic mass is 32.2. The Hall–Kier alpha value is -0.480. The highest BCUT2D eigenvalue weighted by molar-refractivity contribution is 7.99. The Bertz CT molecular complexity index is 211. The molecule has 0 saturated carbocycles. The predicted molar refractivity (Wildman–Crippen MR) is 57.1 cm³/mol. The van der Waals surface area contributed by atoms with Crippen LogP contribution < -0.4 is 5.32 Å². The minimum absolute atomic E-state index is 0.665. The van der Waals surface area contributed by atoms with E-state index >= 15 is 0 Å². The molecule has 2 N–H and O–H groups in total. The van der Waals surface area contributed by atoms with Gasteiger partial charge in [-0.05, 0) is 26.4 Å². The Kier molecular flexibility index (Phi) is 4.93. The molecular formula is C9H17N3S. The van der Waals surface area contributed by atoms with Gasteiger partial charge in [-0.2, -0.15) is 0 Å². The van der Waals surface area contributed by atoms with Crippen molar-refractivity contribution in [3.05, 3.63) is 12.4 Å². The summed E-state index contributed by atoms with van der Waals surface area (Å²) < 4.78 is 0. The zero-order valence-electron chi connectivity index (χ0n) is 8.21. The van der Waals surface area contributed by atoms with Crippen LogP contribution in [0.2, 0.25) is 0 Å². The zero-order chi connectivity index (χ0) is 9.52. The molecule has 1 aromatic heterocycles. The van der Waals surface area contributed by atoms with Gasteiger partial charge >= 0.3 is 0 Å². The molecule has 0 spiro atoms. The lowest BCUT2D eigenvalue weighted by atomic mass is 10.2. The lowest BCUT2D eigenvalue weighted by molar-refractivity contribution is 0.678. The average Bonchev–Trinajstić information content (AvgIpc) is 2.64. The van der Waals surface area contributed by atoms with Crippen molar-refractivity contribution in [3.8, 4) is 0 Å². The minimum atomic E-state index is 0.665. The standard InChI is InChI=1S/C9H17N3S/c1-3-8(4-5-10-2)13-9-11-6-7-12-9/h6-8,10H,3-5H2,1-2H3,(H,11,12). The number of H-pyrrole nitrogens is 1. The van der Waals surface area contributed by atoms with Crippen LogP contribution in [-0.4, -0.2) is 28.8 Å². The van der Waals surface area contributed by atoms with Crippen molar-refractivity contribution in [2.45, 2.75) is 30.2 Å². The Morgan fingerprint density at radius 3 is 3.08 bits per heavy atom. The van der Waals surface area contributed by atoms with Crippen molar-refractivity contribution >= 4 is 11.8 Å². The molecule has 4 heteroatoms. The second-order valence-electron chi connectivity index (χ2n) is 2.93. The van der Waals surface area contributed by atoms with Gasteiger partial charge in [0.25, 0.3) is 0 Å². The smallest absolute Gasteiger partial charge is 0.165 e. The van der Waals surface area contributed by atoms with Crippen molar-refractivity contribution in [3.63, 3.8) is 0 Å². The Balaban J connectivity index is 2.31. The number of nitrogens with zero attached hydrogens (tertiary/aromatic N) is 1. The maximum absolute atomic E-state index is 4.20. The van der Waals surface area contributed by atoms with E-state index in [0.717, 1.165) is 11.7 Å². The van der Waals surface area contributed by atoms with Crippen LogP contribution in [0.1, 0.15) is 19.8 Å². The quantitative estimate of drug-likeness (QED) is 0.687. The first-order chi connectivity index (χ1) is 6.36. The molecule has 74 valence electrons. The van der Waals surface area contributed by atoms with Crippen LogP contribution in [0.4, 0.5) is 0 Å². The minimum Gasteiger partial charge on any atom is -0.340 e. The normalized spacial score (nSPS) is 13.1. The number of imidazole rings is 1. The first-order valence-electron chi connectivity index (χ1n) is 4.67. The van der Waals surface area contributed by atoms with Gasteiger partial charge in [-0.1, -0.05) is 18.7 Å². The average molecular weight is 199 g/mol. The third-order valence-electron chi connectivity index (χ3n) is 1.92.